The van der Waals surface area contributed by atoms with Crippen LogP contribution in [0.3, 0.4) is 0 Å². The number of hydrogen-bond donors (Lipinski definition) is 2. The SMILES string of the molecule is CC(O)CO.CCCCCCCCCCCCCCCCCCOCCCCCCCCCCCCCCCCCC. The Morgan fingerprint density at radius 1 is 0.357 bits per heavy atom. The maximum absolute atomic E-state index is 8.11. The molecule has 0 heterocycles. The Labute approximate surface area is 266 Å². The maximum atomic E-state index is 8.11. The molecule has 1 atom stereocenters. The van der Waals surface area contributed by atoms with Crippen LogP contribution in [-0.2, 0) is 4.74 Å². The Balaban J connectivity index is 0. The predicted octanol–water partition coefficient (Wildman–Crippen LogP) is 12.9. The van der Waals surface area contributed by atoms with Gasteiger partial charge in [0.05, 0.1) is 12.7 Å². The van der Waals surface area contributed by atoms with E-state index in [1.54, 1.807) is 0 Å². The Hall–Kier alpha value is -0.120. The van der Waals surface area contributed by atoms with E-state index in [4.69, 9.17) is 14.9 Å². The first-order valence-electron chi connectivity index (χ1n) is 19.6. The van der Waals surface area contributed by atoms with E-state index >= 15 is 0 Å². The van der Waals surface area contributed by atoms with Gasteiger partial charge in [0.15, 0.2) is 0 Å². The number of rotatable bonds is 35. The Morgan fingerprint density at radius 3 is 0.690 bits per heavy atom. The van der Waals surface area contributed by atoms with Gasteiger partial charge >= 0.3 is 0 Å². The van der Waals surface area contributed by atoms with E-state index in [2.05, 4.69) is 13.8 Å². The van der Waals surface area contributed by atoms with E-state index in [1.165, 1.54) is 212 Å². The minimum absolute atomic E-state index is 0.139. The normalized spacial score (nSPS) is 11.9. The fourth-order valence-corrected chi connectivity index (χ4v) is 5.61. The second-order valence-electron chi connectivity index (χ2n) is 13.3. The summed E-state index contributed by atoms with van der Waals surface area (Å²) in [4.78, 5) is 0. The highest BCUT2D eigenvalue weighted by Crippen LogP contribution is 2.15. The first kappa shape index (κ1) is 44.0. The smallest absolute Gasteiger partial charge is 0.0742 e. The number of aliphatic hydroxyl groups is 2. The first-order valence-corrected chi connectivity index (χ1v) is 19.6. The zero-order valence-corrected chi connectivity index (χ0v) is 29.6. The van der Waals surface area contributed by atoms with E-state index in [-0.39, 0.29) is 6.61 Å². The third kappa shape index (κ3) is 46.8. The molecule has 3 heteroatoms. The van der Waals surface area contributed by atoms with Crippen LogP contribution in [0.25, 0.3) is 0 Å². The molecule has 2 N–H and O–H groups in total. The number of unbranched alkanes of at least 4 members (excludes halogenated alkanes) is 30. The first-order chi connectivity index (χ1) is 20.7. The molecule has 256 valence electrons. The molecule has 0 radical (unpaired) electrons. The van der Waals surface area contributed by atoms with Crippen molar-refractivity contribution >= 4 is 0 Å². The zero-order chi connectivity index (χ0) is 31.0. The van der Waals surface area contributed by atoms with Crippen molar-refractivity contribution in [3.8, 4) is 0 Å². The largest absolute Gasteiger partial charge is 0.394 e. The van der Waals surface area contributed by atoms with Gasteiger partial charge in [0, 0.05) is 13.2 Å². The molecular weight excluding hydrogens is 516 g/mol. The van der Waals surface area contributed by atoms with Gasteiger partial charge in [-0.05, 0) is 19.8 Å². The van der Waals surface area contributed by atoms with Crippen LogP contribution in [-0.4, -0.2) is 36.1 Å². The minimum atomic E-state index is -0.560. The molecule has 0 aliphatic carbocycles. The topological polar surface area (TPSA) is 49.7 Å². The second-order valence-corrected chi connectivity index (χ2v) is 13.3. The molecule has 0 bridgehead atoms. The van der Waals surface area contributed by atoms with Crippen LogP contribution in [0.5, 0.6) is 0 Å². The van der Waals surface area contributed by atoms with Gasteiger partial charge in [0.2, 0.25) is 0 Å². The van der Waals surface area contributed by atoms with Crippen molar-refractivity contribution in [2.75, 3.05) is 19.8 Å². The highest BCUT2D eigenvalue weighted by molar-refractivity contribution is 4.52. The van der Waals surface area contributed by atoms with Crippen LogP contribution < -0.4 is 0 Å². The molecule has 0 aromatic heterocycles. The van der Waals surface area contributed by atoms with Crippen molar-refractivity contribution in [2.24, 2.45) is 0 Å². The van der Waals surface area contributed by atoms with E-state index in [9.17, 15) is 0 Å². The van der Waals surface area contributed by atoms with Gasteiger partial charge in [-0.15, -0.1) is 0 Å². The third-order valence-corrected chi connectivity index (χ3v) is 8.55. The van der Waals surface area contributed by atoms with Crippen molar-refractivity contribution in [2.45, 2.75) is 232 Å². The molecule has 0 aromatic carbocycles. The number of aliphatic hydroxyl groups excluding tert-OH is 2. The van der Waals surface area contributed by atoms with E-state index in [1.807, 2.05) is 0 Å². The number of hydrogen-bond acceptors (Lipinski definition) is 3. The fraction of sp³-hybridized carbons (Fsp3) is 1.00. The second kappa shape index (κ2) is 43.0. The van der Waals surface area contributed by atoms with Gasteiger partial charge < -0.3 is 14.9 Å². The highest BCUT2D eigenvalue weighted by atomic mass is 16.5. The molecule has 0 fully saturated rings. The molecule has 1 unspecified atom stereocenters. The average Bonchev–Trinajstić information content (AvgIpc) is 2.99. The van der Waals surface area contributed by atoms with Crippen molar-refractivity contribution in [3.05, 3.63) is 0 Å². The summed E-state index contributed by atoms with van der Waals surface area (Å²) in [6.07, 6.45) is 45.5. The van der Waals surface area contributed by atoms with Crippen LogP contribution in [0, 0.1) is 0 Å². The Kier molecular flexibility index (Phi) is 45.1. The van der Waals surface area contributed by atoms with Crippen LogP contribution in [0.2, 0.25) is 0 Å². The predicted molar refractivity (Wildman–Crippen MR) is 189 cm³/mol. The van der Waals surface area contributed by atoms with E-state index in [0.29, 0.717) is 0 Å². The molecule has 0 saturated carbocycles. The van der Waals surface area contributed by atoms with Gasteiger partial charge in [-0.2, -0.15) is 0 Å². The molecule has 0 rings (SSSR count). The van der Waals surface area contributed by atoms with Gasteiger partial charge in [-0.25, -0.2) is 0 Å². The third-order valence-electron chi connectivity index (χ3n) is 8.55. The lowest BCUT2D eigenvalue weighted by Gasteiger charge is -2.06. The van der Waals surface area contributed by atoms with Gasteiger partial charge in [0.25, 0.3) is 0 Å². The molecular formula is C39H82O3. The summed E-state index contributed by atoms with van der Waals surface area (Å²) >= 11 is 0. The molecule has 0 aromatic rings. The summed E-state index contributed by atoms with van der Waals surface area (Å²) < 4.78 is 5.87. The van der Waals surface area contributed by atoms with Crippen LogP contribution in [0.4, 0.5) is 0 Å². The van der Waals surface area contributed by atoms with E-state index < -0.39 is 6.10 Å². The lowest BCUT2D eigenvalue weighted by Crippen LogP contribution is -2.03. The molecule has 0 aliphatic rings. The average molecular weight is 599 g/mol. The quantitative estimate of drug-likeness (QED) is 0.0713. The molecule has 0 saturated heterocycles. The summed E-state index contributed by atoms with van der Waals surface area (Å²) in [7, 11) is 0. The van der Waals surface area contributed by atoms with Gasteiger partial charge in [0.1, 0.15) is 0 Å². The van der Waals surface area contributed by atoms with Gasteiger partial charge in [-0.1, -0.05) is 206 Å². The van der Waals surface area contributed by atoms with Crippen molar-refractivity contribution < 1.29 is 14.9 Å². The molecule has 0 amide bonds. The molecule has 0 aliphatic heterocycles. The van der Waals surface area contributed by atoms with Crippen molar-refractivity contribution in [3.63, 3.8) is 0 Å². The van der Waals surface area contributed by atoms with Crippen LogP contribution in [0.15, 0.2) is 0 Å². The lowest BCUT2D eigenvalue weighted by molar-refractivity contribution is 0.110. The molecule has 42 heavy (non-hydrogen) atoms. The lowest BCUT2D eigenvalue weighted by atomic mass is 10.0. The summed E-state index contributed by atoms with van der Waals surface area (Å²) in [6, 6.07) is 0. The minimum Gasteiger partial charge on any atom is -0.394 e. The fourth-order valence-electron chi connectivity index (χ4n) is 5.61. The van der Waals surface area contributed by atoms with Crippen LogP contribution >= 0.6 is 0 Å². The highest BCUT2D eigenvalue weighted by Gasteiger charge is 1.97. The summed E-state index contributed by atoms with van der Waals surface area (Å²) in [5.74, 6) is 0. The van der Waals surface area contributed by atoms with Crippen LogP contribution in [0.1, 0.15) is 226 Å². The Morgan fingerprint density at radius 2 is 0.524 bits per heavy atom. The van der Waals surface area contributed by atoms with Crippen molar-refractivity contribution in [1.29, 1.82) is 0 Å². The molecule has 3 nitrogen and oxygen atoms in total. The summed E-state index contributed by atoms with van der Waals surface area (Å²) in [5, 5.41) is 16.0. The summed E-state index contributed by atoms with van der Waals surface area (Å²) in [6.45, 7) is 7.99. The number of ether oxygens (including phenoxy) is 1. The standard InChI is InChI=1S/C36H74O.C3H8O2/c1-3-5-7-9-11-13-15-17-19-21-23-25-27-29-31-33-35-37-36-34-32-30-28-26-24-22-20-18-16-14-12-10-8-6-4-2;1-3(5)2-4/h3-36H2,1-2H3;3-5H,2H2,1H3. The van der Waals surface area contributed by atoms with E-state index in [0.717, 1.165) is 13.2 Å². The molecule has 0 spiro atoms. The maximum Gasteiger partial charge on any atom is 0.0742 e. The monoisotopic (exact) mass is 599 g/mol. The van der Waals surface area contributed by atoms with Crippen molar-refractivity contribution in [1.82, 2.24) is 0 Å². The van der Waals surface area contributed by atoms with Gasteiger partial charge in [-0.3, -0.25) is 0 Å². The zero-order valence-electron chi connectivity index (χ0n) is 29.6. The summed E-state index contributed by atoms with van der Waals surface area (Å²) in [5.41, 5.74) is 0. The Bertz CT molecular complexity index is 392.